The van der Waals surface area contributed by atoms with Gasteiger partial charge in [-0.05, 0) is 12.5 Å². The average molecular weight is 264 g/mol. The maximum atomic E-state index is 9.01. The molecule has 0 radical (unpaired) electrons. The fourth-order valence-corrected chi connectivity index (χ4v) is 1.67. The van der Waals surface area contributed by atoms with Gasteiger partial charge in [-0.15, -0.1) is 6.58 Å². The molecule has 0 unspecified atom stereocenters. The molecule has 1 heterocycles. The van der Waals surface area contributed by atoms with Crippen molar-refractivity contribution in [2.75, 3.05) is 31.1 Å². The van der Waals surface area contributed by atoms with Crippen LogP contribution in [0, 0.1) is 5.92 Å². The molecule has 106 valence electrons. The summed E-state index contributed by atoms with van der Waals surface area (Å²) in [5.41, 5.74) is 0.923. The molecule has 0 spiro atoms. The van der Waals surface area contributed by atoms with Gasteiger partial charge in [0.1, 0.15) is 5.82 Å². The van der Waals surface area contributed by atoms with Crippen LogP contribution in [0.5, 0.6) is 0 Å². The maximum absolute atomic E-state index is 9.01. The molecule has 0 fully saturated rings. The Hall–Kier alpha value is -1.46. The van der Waals surface area contributed by atoms with Crippen LogP contribution in [-0.4, -0.2) is 41.3 Å². The Morgan fingerprint density at radius 1 is 1.42 bits per heavy atom. The highest BCUT2D eigenvalue weighted by molar-refractivity contribution is 5.36. The van der Waals surface area contributed by atoms with Crippen molar-refractivity contribution in [3.63, 3.8) is 0 Å². The third kappa shape index (κ3) is 5.81. The largest absolute Gasteiger partial charge is 0.395 e. The molecule has 0 saturated carbocycles. The fourth-order valence-electron chi connectivity index (χ4n) is 1.67. The topological polar surface area (TPSA) is 61.3 Å². The third-order valence-corrected chi connectivity index (χ3v) is 2.59. The van der Waals surface area contributed by atoms with Crippen LogP contribution in [-0.2, 0) is 6.54 Å². The second kappa shape index (κ2) is 8.61. The predicted octanol–water partition coefficient (Wildman–Crippen LogP) is 1.21. The molecule has 0 aromatic carbocycles. The highest BCUT2D eigenvalue weighted by Gasteiger charge is 2.06. The minimum atomic E-state index is 0.0905. The quantitative estimate of drug-likeness (QED) is 0.656. The van der Waals surface area contributed by atoms with Crippen molar-refractivity contribution in [1.29, 1.82) is 0 Å². The highest BCUT2D eigenvalue weighted by Crippen LogP contribution is 2.08. The SMILES string of the molecule is C=CCN(CCO)c1cnc(CNCC(C)C)cn1. The summed E-state index contributed by atoms with van der Waals surface area (Å²) in [6, 6.07) is 0. The number of nitrogens with zero attached hydrogens (tertiary/aromatic N) is 3. The van der Waals surface area contributed by atoms with E-state index < -0.39 is 0 Å². The van der Waals surface area contributed by atoms with Gasteiger partial charge in [-0.3, -0.25) is 4.98 Å². The van der Waals surface area contributed by atoms with Gasteiger partial charge in [0.05, 0.1) is 24.7 Å². The van der Waals surface area contributed by atoms with E-state index in [0.29, 0.717) is 19.0 Å². The number of rotatable bonds is 9. The van der Waals surface area contributed by atoms with Crippen LogP contribution in [0.1, 0.15) is 19.5 Å². The van der Waals surface area contributed by atoms with Crippen molar-refractivity contribution in [2.24, 2.45) is 5.92 Å². The summed E-state index contributed by atoms with van der Waals surface area (Å²) in [7, 11) is 0. The maximum Gasteiger partial charge on any atom is 0.147 e. The Kier molecular flexibility index (Phi) is 7.07. The molecule has 2 N–H and O–H groups in total. The molecule has 5 heteroatoms. The van der Waals surface area contributed by atoms with E-state index in [9.17, 15) is 0 Å². The average Bonchev–Trinajstić information content (AvgIpc) is 2.39. The molecule has 0 aliphatic heterocycles. The Morgan fingerprint density at radius 2 is 2.21 bits per heavy atom. The normalized spacial score (nSPS) is 10.7. The number of anilines is 1. The monoisotopic (exact) mass is 264 g/mol. The number of nitrogens with one attached hydrogen (secondary N) is 1. The van der Waals surface area contributed by atoms with E-state index in [1.54, 1.807) is 18.5 Å². The van der Waals surface area contributed by atoms with Crippen molar-refractivity contribution in [1.82, 2.24) is 15.3 Å². The van der Waals surface area contributed by atoms with Crippen molar-refractivity contribution >= 4 is 5.82 Å². The molecule has 0 atom stereocenters. The lowest BCUT2D eigenvalue weighted by atomic mass is 10.2. The second-order valence-electron chi connectivity index (χ2n) is 4.85. The van der Waals surface area contributed by atoms with Crippen LogP contribution in [0.2, 0.25) is 0 Å². The van der Waals surface area contributed by atoms with Crippen LogP contribution in [0.4, 0.5) is 5.82 Å². The summed E-state index contributed by atoms with van der Waals surface area (Å²) in [6.07, 6.45) is 5.30. The van der Waals surface area contributed by atoms with Crippen molar-refractivity contribution < 1.29 is 5.11 Å². The number of aliphatic hydroxyl groups is 1. The lowest BCUT2D eigenvalue weighted by Crippen LogP contribution is -2.28. The third-order valence-electron chi connectivity index (χ3n) is 2.59. The molecular formula is C14H24N4O. The number of hydrogen-bond donors (Lipinski definition) is 2. The zero-order valence-corrected chi connectivity index (χ0v) is 11.8. The van der Waals surface area contributed by atoms with Gasteiger partial charge in [-0.25, -0.2) is 4.98 Å². The van der Waals surface area contributed by atoms with E-state index in [1.807, 2.05) is 4.90 Å². The smallest absolute Gasteiger partial charge is 0.147 e. The first-order valence-corrected chi connectivity index (χ1v) is 6.65. The highest BCUT2D eigenvalue weighted by atomic mass is 16.3. The molecular weight excluding hydrogens is 240 g/mol. The van der Waals surface area contributed by atoms with Crippen molar-refractivity contribution in [3.05, 3.63) is 30.7 Å². The molecule has 0 aliphatic carbocycles. The van der Waals surface area contributed by atoms with E-state index in [1.165, 1.54) is 0 Å². The van der Waals surface area contributed by atoms with Gasteiger partial charge >= 0.3 is 0 Å². The summed E-state index contributed by atoms with van der Waals surface area (Å²) in [6.45, 7) is 11.0. The van der Waals surface area contributed by atoms with Crippen molar-refractivity contribution in [3.8, 4) is 0 Å². The molecule has 0 aliphatic rings. The summed E-state index contributed by atoms with van der Waals surface area (Å²) >= 11 is 0. The first-order chi connectivity index (χ1) is 9.17. The minimum Gasteiger partial charge on any atom is -0.395 e. The summed E-state index contributed by atoms with van der Waals surface area (Å²) in [5, 5.41) is 12.3. The van der Waals surface area contributed by atoms with Crippen LogP contribution >= 0.6 is 0 Å². The van der Waals surface area contributed by atoms with Crippen LogP contribution in [0.3, 0.4) is 0 Å². The fraction of sp³-hybridized carbons (Fsp3) is 0.571. The van der Waals surface area contributed by atoms with Crippen molar-refractivity contribution in [2.45, 2.75) is 20.4 Å². The number of aromatic nitrogens is 2. The van der Waals surface area contributed by atoms with Gasteiger partial charge in [0.25, 0.3) is 0 Å². The zero-order valence-electron chi connectivity index (χ0n) is 11.8. The Balaban J connectivity index is 2.55. The number of aliphatic hydroxyl groups excluding tert-OH is 1. The zero-order chi connectivity index (χ0) is 14.1. The molecule has 1 aromatic rings. The standard InChI is InChI=1S/C14H24N4O/c1-4-5-18(6-7-19)14-11-16-13(10-17-14)9-15-8-12(2)3/h4,10-12,15,19H,1,5-9H2,2-3H3. The van der Waals surface area contributed by atoms with Gasteiger partial charge in [-0.1, -0.05) is 19.9 Å². The van der Waals surface area contributed by atoms with Gasteiger partial charge in [-0.2, -0.15) is 0 Å². The van der Waals surface area contributed by atoms with Gasteiger partial charge in [0, 0.05) is 19.6 Å². The molecule has 1 rings (SSSR count). The summed E-state index contributed by atoms with van der Waals surface area (Å²) in [4.78, 5) is 10.7. The molecule has 0 bridgehead atoms. The first-order valence-electron chi connectivity index (χ1n) is 6.65. The first kappa shape index (κ1) is 15.6. The second-order valence-corrected chi connectivity index (χ2v) is 4.85. The Morgan fingerprint density at radius 3 is 2.74 bits per heavy atom. The lowest BCUT2D eigenvalue weighted by Gasteiger charge is -2.20. The lowest BCUT2D eigenvalue weighted by molar-refractivity contribution is 0.302. The van der Waals surface area contributed by atoms with Gasteiger partial charge < -0.3 is 15.3 Å². The summed E-state index contributed by atoms with van der Waals surface area (Å²) < 4.78 is 0. The molecule has 1 aromatic heterocycles. The summed E-state index contributed by atoms with van der Waals surface area (Å²) in [5.74, 6) is 1.39. The van der Waals surface area contributed by atoms with E-state index >= 15 is 0 Å². The predicted molar refractivity (Wildman–Crippen MR) is 78.1 cm³/mol. The van der Waals surface area contributed by atoms with Crippen LogP contribution in [0.25, 0.3) is 0 Å². The van der Waals surface area contributed by atoms with E-state index in [2.05, 4.69) is 35.7 Å². The van der Waals surface area contributed by atoms with Crippen LogP contribution in [0.15, 0.2) is 25.0 Å². The Bertz CT molecular complexity index is 364. The van der Waals surface area contributed by atoms with Crippen LogP contribution < -0.4 is 10.2 Å². The molecule has 0 amide bonds. The van der Waals surface area contributed by atoms with E-state index in [0.717, 1.165) is 24.6 Å². The molecule has 0 saturated heterocycles. The molecule has 5 nitrogen and oxygen atoms in total. The van der Waals surface area contributed by atoms with E-state index in [-0.39, 0.29) is 6.61 Å². The molecule has 19 heavy (non-hydrogen) atoms. The van der Waals surface area contributed by atoms with E-state index in [4.69, 9.17) is 5.11 Å². The Labute approximate surface area is 115 Å². The number of hydrogen-bond acceptors (Lipinski definition) is 5. The van der Waals surface area contributed by atoms with Gasteiger partial charge in [0.15, 0.2) is 0 Å². The minimum absolute atomic E-state index is 0.0905. The van der Waals surface area contributed by atoms with Gasteiger partial charge in [0.2, 0.25) is 0 Å².